The molecule has 0 aliphatic carbocycles. The Bertz CT molecular complexity index is 396. The molecule has 0 radical (unpaired) electrons. The standard InChI is InChI=1S/C15H24N2O3/c1-19-10-11-20-9-5-4-8-17-15(18)12-13-6-2-3-7-14(13)16/h2-3,6-7H,4-5,8-12,16H2,1H3,(H,17,18). The number of para-hydroxylation sites is 1. The van der Waals surface area contributed by atoms with E-state index in [1.54, 1.807) is 13.2 Å². The Hall–Kier alpha value is -1.59. The molecular weight excluding hydrogens is 256 g/mol. The first kappa shape index (κ1) is 16.5. The summed E-state index contributed by atoms with van der Waals surface area (Å²) in [6, 6.07) is 7.43. The highest BCUT2D eigenvalue weighted by Gasteiger charge is 2.04. The lowest BCUT2D eigenvalue weighted by Gasteiger charge is -2.07. The average molecular weight is 280 g/mol. The summed E-state index contributed by atoms with van der Waals surface area (Å²) < 4.78 is 10.2. The molecule has 0 atom stereocenters. The molecule has 0 heterocycles. The fourth-order valence-corrected chi connectivity index (χ4v) is 1.73. The lowest BCUT2D eigenvalue weighted by molar-refractivity contribution is -0.120. The number of benzene rings is 1. The summed E-state index contributed by atoms with van der Waals surface area (Å²) in [5.74, 6) is 0.00296. The van der Waals surface area contributed by atoms with Gasteiger partial charge in [-0.2, -0.15) is 0 Å². The minimum Gasteiger partial charge on any atom is -0.398 e. The van der Waals surface area contributed by atoms with Crippen LogP contribution in [-0.4, -0.2) is 39.4 Å². The molecule has 0 aliphatic heterocycles. The number of rotatable bonds is 10. The number of nitrogen functional groups attached to an aromatic ring is 1. The Kier molecular flexibility index (Phi) is 8.42. The predicted octanol–water partition coefficient (Wildman–Crippen LogP) is 1.37. The number of methoxy groups -OCH3 is 1. The minimum absolute atomic E-state index is 0.00296. The number of anilines is 1. The molecule has 0 saturated carbocycles. The monoisotopic (exact) mass is 280 g/mol. The summed E-state index contributed by atoms with van der Waals surface area (Å²) in [5, 5.41) is 2.89. The largest absolute Gasteiger partial charge is 0.398 e. The maximum atomic E-state index is 11.7. The number of hydrogen-bond acceptors (Lipinski definition) is 4. The molecule has 0 aliphatic rings. The third kappa shape index (κ3) is 7.11. The Morgan fingerprint density at radius 1 is 1.20 bits per heavy atom. The van der Waals surface area contributed by atoms with Crippen molar-refractivity contribution < 1.29 is 14.3 Å². The summed E-state index contributed by atoms with van der Waals surface area (Å²) in [7, 11) is 1.65. The summed E-state index contributed by atoms with van der Waals surface area (Å²) in [6.45, 7) is 2.61. The number of nitrogens with one attached hydrogen (secondary N) is 1. The molecule has 0 fully saturated rings. The first-order valence-electron chi connectivity index (χ1n) is 6.91. The zero-order valence-electron chi connectivity index (χ0n) is 12.1. The van der Waals surface area contributed by atoms with E-state index in [4.69, 9.17) is 15.2 Å². The van der Waals surface area contributed by atoms with Crippen LogP contribution in [0.1, 0.15) is 18.4 Å². The van der Waals surface area contributed by atoms with Crippen molar-refractivity contribution in [3.8, 4) is 0 Å². The van der Waals surface area contributed by atoms with Gasteiger partial charge in [-0.3, -0.25) is 4.79 Å². The molecular formula is C15H24N2O3. The molecule has 0 spiro atoms. The van der Waals surface area contributed by atoms with Crippen LogP contribution >= 0.6 is 0 Å². The van der Waals surface area contributed by atoms with Crippen LogP contribution in [0.5, 0.6) is 0 Å². The van der Waals surface area contributed by atoms with Crippen LogP contribution in [0.2, 0.25) is 0 Å². The Balaban J connectivity index is 2.05. The van der Waals surface area contributed by atoms with Crippen LogP contribution in [0.15, 0.2) is 24.3 Å². The van der Waals surface area contributed by atoms with E-state index < -0.39 is 0 Å². The topological polar surface area (TPSA) is 73.6 Å². The first-order valence-corrected chi connectivity index (χ1v) is 6.91. The molecule has 3 N–H and O–H groups in total. The molecule has 5 heteroatoms. The van der Waals surface area contributed by atoms with E-state index in [1.807, 2.05) is 18.2 Å². The molecule has 5 nitrogen and oxygen atoms in total. The van der Waals surface area contributed by atoms with Crippen molar-refractivity contribution in [2.24, 2.45) is 0 Å². The fourth-order valence-electron chi connectivity index (χ4n) is 1.73. The van der Waals surface area contributed by atoms with E-state index in [-0.39, 0.29) is 5.91 Å². The Labute approximate surface area is 120 Å². The molecule has 1 amide bonds. The van der Waals surface area contributed by atoms with Gasteiger partial charge in [0.05, 0.1) is 19.6 Å². The second kappa shape index (κ2) is 10.2. The zero-order chi connectivity index (χ0) is 14.6. The fraction of sp³-hybridized carbons (Fsp3) is 0.533. The third-order valence-corrected chi connectivity index (χ3v) is 2.88. The zero-order valence-corrected chi connectivity index (χ0v) is 12.1. The van der Waals surface area contributed by atoms with Gasteiger partial charge in [0.1, 0.15) is 0 Å². The van der Waals surface area contributed by atoms with E-state index >= 15 is 0 Å². The molecule has 20 heavy (non-hydrogen) atoms. The van der Waals surface area contributed by atoms with Crippen molar-refractivity contribution in [1.29, 1.82) is 0 Å². The van der Waals surface area contributed by atoms with E-state index in [0.29, 0.717) is 38.5 Å². The predicted molar refractivity (Wildman–Crippen MR) is 79.5 cm³/mol. The van der Waals surface area contributed by atoms with Crippen molar-refractivity contribution in [2.75, 3.05) is 39.2 Å². The second-order valence-electron chi connectivity index (χ2n) is 4.54. The Morgan fingerprint density at radius 2 is 2.00 bits per heavy atom. The normalized spacial score (nSPS) is 10.4. The van der Waals surface area contributed by atoms with Gasteiger partial charge in [0.25, 0.3) is 0 Å². The number of nitrogens with two attached hydrogens (primary N) is 1. The van der Waals surface area contributed by atoms with Crippen LogP contribution < -0.4 is 11.1 Å². The molecule has 0 saturated heterocycles. The SMILES string of the molecule is COCCOCCCCNC(=O)Cc1ccccc1N. The maximum Gasteiger partial charge on any atom is 0.224 e. The highest BCUT2D eigenvalue weighted by Crippen LogP contribution is 2.10. The first-order chi connectivity index (χ1) is 9.74. The molecule has 0 aromatic heterocycles. The lowest BCUT2D eigenvalue weighted by Crippen LogP contribution is -2.26. The van der Waals surface area contributed by atoms with Gasteiger partial charge < -0.3 is 20.5 Å². The van der Waals surface area contributed by atoms with Gasteiger partial charge >= 0.3 is 0 Å². The summed E-state index contributed by atoms with van der Waals surface area (Å²) in [6.07, 6.45) is 2.16. The van der Waals surface area contributed by atoms with Gasteiger partial charge in [-0.05, 0) is 24.5 Å². The quantitative estimate of drug-likeness (QED) is 0.501. The third-order valence-electron chi connectivity index (χ3n) is 2.88. The number of carbonyl (C=O) groups is 1. The van der Waals surface area contributed by atoms with E-state index in [1.165, 1.54) is 0 Å². The highest BCUT2D eigenvalue weighted by atomic mass is 16.5. The summed E-state index contributed by atoms with van der Waals surface area (Å²) >= 11 is 0. The van der Waals surface area contributed by atoms with Gasteiger partial charge in [-0.25, -0.2) is 0 Å². The molecule has 1 aromatic carbocycles. The number of unbranched alkanes of at least 4 members (excludes halogenated alkanes) is 1. The smallest absolute Gasteiger partial charge is 0.224 e. The van der Waals surface area contributed by atoms with Crippen molar-refractivity contribution in [3.63, 3.8) is 0 Å². The summed E-state index contributed by atoms with van der Waals surface area (Å²) in [5.41, 5.74) is 7.33. The van der Waals surface area contributed by atoms with Crippen molar-refractivity contribution >= 4 is 11.6 Å². The van der Waals surface area contributed by atoms with E-state index in [0.717, 1.165) is 18.4 Å². The molecule has 1 rings (SSSR count). The number of carbonyl (C=O) groups excluding carboxylic acids is 1. The number of ether oxygens (including phenoxy) is 2. The van der Waals surface area contributed by atoms with Crippen molar-refractivity contribution in [3.05, 3.63) is 29.8 Å². The molecule has 0 bridgehead atoms. The van der Waals surface area contributed by atoms with Crippen LogP contribution in [-0.2, 0) is 20.7 Å². The van der Waals surface area contributed by atoms with Gasteiger partial charge in [0.2, 0.25) is 5.91 Å². The number of amides is 1. The Morgan fingerprint density at radius 3 is 2.75 bits per heavy atom. The molecule has 0 unspecified atom stereocenters. The van der Waals surface area contributed by atoms with Gasteiger partial charge in [0.15, 0.2) is 0 Å². The van der Waals surface area contributed by atoms with E-state index in [2.05, 4.69) is 5.32 Å². The van der Waals surface area contributed by atoms with Gasteiger partial charge in [-0.15, -0.1) is 0 Å². The summed E-state index contributed by atoms with van der Waals surface area (Å²) in [4.78, 5) is 11.7. The van der Waals surface area contributed by atoms with E-state index in [9.17, 15) is 4.79 Å². The minimum atomic E-state index is 0.00296. The van der Waals surface area contributed by atoms with Crippen molar-refractivity contribution in [2.45, 2.75) is 19.3 Å². The second-order valence-corrected chi connectivity index (χ2v) is 4.54. The number of hydrogen-bond donors (Lipinski definition) is 2. The van der Waals surface area contributed by atoms with Gasteiger partial charge in [-0.1, -0.05) is 18.2 Å². The average Bonchev–Trinajstić information content (AvgIpc) is 2.44. The van der Waals surface area contributed by atoms with Crippen LogP contribution in [0.25, 0.3) is 0 Å². The van der Waals surface area contributed by atoms with Crippen LogP contribution in [0.4, 0.5) is 5.69 Å². The van der Waals surface area contributed by atoms with Gasteiger partial charge in [0, 0.05) is 25.9 Å². The van der Waals surface area contributed by atoms with Crippen LogP contribution in [0.3, 0.4) is 0 Å². The van der Waals surface area contributed by atoms with Crippen molar-refractivity contribution in [1.82, 2.24) is 5.32 Å². The highest BCUT2D eigenvalue weighted by molar-refractivity contribution is 5.80. The molecule has 112 valence electrons. The van der Waals surface area contributed by atoms with Crippen LogP contribution in [0, 0.1) is 0 Å². The lowest BCUT2D eigenvalue weighted by atomic mass is 10.1. The maximum absolute atomic E-state index is 11.7. The molecule has 1 aromatic rings.